The number of unbranched alkanes of at least 4 members (excludes halogenated alkanes) is 16. The van der Waals surface area contributed by atoms with E-state index in [1.165, 1.54) is 94.3 Å². The molecule has 0 aliphatic heterocycles. The molecule has 0 bridgehead atoms. The Balaban J connectivity index is -0.000000275. The molecule has 0 aliphatic carbocycles. The van der Waals surface area contributed by atoms with Gasteiger partial charge in [0.1, 0.15) is 0 Å². The van der Waals surface area contributed by atoms with Crippen LogP contribution in [0.5, 0.6) is 0 Å². The Morgan fingerprint density at radius 1 is 0.426 bits per heavy atom. The summed E-state index contributed by atoms with van der Waals surface area (Å²) in [5, 5.41) is 31.6. The van der Waals surface area contributed by atoms with Gasteiger partial charge in [-0.2, -0.15) is 37.9 Å². The van der Waals surface area contributed by atoms with Crippen molar-refractivity contribution in [2.45, 2.75) is 180 Å². The summed E-state index contributed by atoms with van der Waals surface area (Å²) in [7, 11) is 0. The second-order valence-electron chi connectivity index (χ2n) is 12.4. The van der Waals surface area contributed by atoms with Gasteiger partial charge >= 0.3 is 46.7 Å². The summed E-state index contributed by atoms with van der Waals surface area (Å²) in [6.45, 7) is 8.79. The summed E-state index contributed by atoms with van der Waals surface area (Å²) in [6, 6.07) is 0. The molecule has 0 aromatic heterocycles. The summed E-state index contributed by atoms with van der Waals surface area (Å²) < 4.78 is 1.43. The Labute approximate surface area is 320 Å². The van der Waals surface area contributed by atoms with E-state index in [0.717, 1.165) is 57.8 Å². The van der Waals surface area contributed by atoms with Gasteiger partial charge in [0.05, 0.1) is 0 Å². The van der Waals surface area contributed by atoms with Crippen molar-refractivity contribution in [2.75, 3.05) is 17.3 Å². The topological polar surface area (TPSA) is 120 Å². The molecule has 0 saturated carbocycles. The molecule has 0 amide bonds. The second kappa shape index (κ2) is 46.3. The summed E-state index contributed by atoms with van der Waals surface area (Å²) in [6.07, 6.45) is 26.4. The zero-order valence-electron chi connectivity index (χ0n) is 30.6. The number of aliphatic carboxylic acids is 3. The molecule has 10 heteroatoms. The van der Waals surface area contributed by atoms with Crippen LogP contribution >= 0.6 is 37.9 Å². The minimum absolute atomic E-state index is 0.357. The van der Waals surface area contributed by atoms with Crippen LogP contribution in [0, 0.1) is 17.8 Å². The van der Waals surface area contributed by atoms with Crippen molar-refractivity contribution in [3.63, 3.8) is 0 Å². The molecule has 0 N–H and O–H groups in total. The van der Waals surface area contributed by atoms with Crippen LogP contribution in [0.1, 0.15) is 175 Å². The predicted molar refractivity (Wildman–Crippen MR) is 206 cm³/mol. The number of thiol groups is 3. The van der Waals surface area contributed by atoms with Crippen molar-refractivity contribution in [3.05, 3.63) is 0 Å². The van der Waals surface area contributed by atoms with Crippen molar-refractivity contribution < 1.29 is 29.7 Å². The number of carbonyl (C=O) groups excluding carboxylic acids is 3. The van der Waals surface area contributed by atoms with Crippen LogP contribution in [0.2, 0.25) is 4.44 Å². The number of hydrogen-bond acceptors (Lipinski definition) is 9. The predicted octanol–water partition coefficient (Wildman–Crippen LogP) is 7.47. The number of carboxylic acid groups (broad SMARTS) is 3. The monoisotopic (exact) mass is 828 g/mol. The molecule has 0 aromatic carbocycles. The molecule has 3 unspecified atom stereocenters. The Bertz CT molecular complexity index is 575. The summed E-state index contributed by atoms with van der Waals surface area (Å²) >= 11 is 13.7. The summed E-state index contributed by atoms with van der Waals surface area (Å²) in [5.74, 6) is -2.72. The minimum atomic E-state index is -0.950. The van der Waals surface area contributed by atoms with E-state index in [4.69, 9.17) is 0 Å². The quantitative estimate of drug-likeness (QED) is 0.0409. The van der Waals surface area contributed by atoms with Crippen molar-refractivity contribution in [3.8, 4) is 0 Å². The third-order valence-electron chi connectivity index (χ3n) is 7.91. The maximum absolute atomic E-state index is 10.5. The fourth-order valence-corrected chi connectivity index (χ4v) is 6.55. The molecular formula is C37H72O6S3Sn. The van der Waals surface area contributed by atoms with Gasteiger partial charge in [0, 0.05) is 35.7 Å². The average Bonchev–Trinajstić information content (AvgIpc) is 3.04. The first kappa shape index (κ1) is 54.0. The number of hydrogen-bond donors (Lipinski definition) is 3. The van der Waals surface area contributed by atoms with Crippen LogP contribution in [0.15, 0.2) is 0 Å². The van der Waals surface area contributed by atoms with E-state index in [2.05, 4.69) is 65.6 Å². The van der Waals surface area contributed by atoms with E-state index in [9.17, 15) is 29.7 Å². The molecule has 0 spiro atoms. The van der Waals surface area contributed by atoms with Gasteiger partial charge in [-0.1, -0.05) is 136 Å². The third kappa shape index (κ3) is 46.3. The van der Waals surface area contributed by atoms with Gasteiger partial charge in [0.2, 0.25) is 0 Å². The van der Waals surface area contributed by atoms with Gasteiger partial charge < -0.3 is 29.7 Å². The van der Waals surface area contributed by atoms with Crippen LogP contribution in [-0.2, 0) is 14.4 Å². The summed E-state index contributed by atoms with van der Waals surface area (Å²) in [4.78, 5) is 31.6. The first-order valence-electron chi connectivity index (χ1n) is 18.7. The normalized spacial score (nSPS) is 12.3. The van der Waals surface area contributed by atoms with Crippen molar-refractivity contribution in [1.82, 2.24) is 0 Å². The van der Waals surface area contributed by atoms with E-state index in [1.807, 2.05) is 0 Å². The fourth-order valence-electron chi connectivity index (χ4n) is 4.54. The first-order chi connectivity index (χ1) is 22.6. The van der Waals surface area contributed by atoms with E-state index in [0.29, 0.717) is 17.3 Å². The molecular weight excluding hydrogens is 755 g/mol. The molecule has 3 atom stereocenters. The van der Waals surface area contributed by atoms with Gasteiger partial charge in [-0.3, -0.25) is 0 Å². The molecule has 0 heterocycles. The Kier molecular flexibility index (Phi) is 53.2. The standard InChI is InChI=1S/3C11H22O2S.C4H9.Sn/c3*1-2-3-4-5-6-7-8-10(9-14)11(12)13;1-3-4-2;/h3*10,14H,2-9H2,1H3,(H,12,13);1,3-4H2,2H3;/q;;;;+3/p-3. The summed E-state index contributed by atoms with van der Waals surface area (Å²) in [5.41, 5.74) is 0. The van der Waals surface area contributed by atoms with E-state index in [1.54, 1.807) is 22.5 Å². The van der Waals surface area contributed by atoms with Crippen LogP contribution < -0.4 is 15.3 Å². The zero-order chi connectivity index (χ0) is 36.6. The molecule has 0 aliphatic rings. The van der Waals surface area contributed by atoms with Crippen molar-refractivity contribution in [2.24, 2.45) is 17.8 Å². The molecule has 0 aromatic rings. The maximum atomic E-state index is 10.5. The molecule has 0 saturated heterocycles. The third-order valence-corrected chi connectivity index (χ3v) is 10.2. The van der Waals surface area contributed by atoms with Gasteiger partial charge in [0.25, 0.3) is 0 Å². The van der Waals surface area contributed by atoms with Crippen LogP contribution in [0.25, 0.3) is 0 Å². The van der Waals surface area contributed by atoms with Gasteiger partial charge in [0.15, 0.2) is 0 Å². The molecule has 0 radical (unpaired) electrons. The van der Waals surface area contributed by atoms with Crippen LogP contribution in [0.4, 0.5) is 0 Å². The number of rotatable bonds is 29. The van der Waals surface area contributed by atoms with Crippen LogP contribution in [-0.4, -0.2) is 57.7 Å². The number of carboxylic acids is 3. The van der Waals surface area contributed by atoms with Crippen molar-refractivity contribution >= 4 is 78.3 Å². The van der Waals surface area contributed by atoms with Crippen LogP contribution in [0.3, 0.4) is 0 Å². The van der Waals surface area contributed by atoms with Gasteiger partial charge in [-0.05, 0) is 36.5 Å². The average molecular weight is 828 g/mol. The molecule has 278 valence electrons. The van der Waals surface area contributed by atoms with Crippen molar-refractivity contribution in [1.29, 1.82) is 0 Å². The molecule has 6 nitrogen and oxygen atoms in total. The number of carbonyl (C=O) groups is 3. The van der Waals surface area contributed by atoms with E-state index < -0.39 is 17.9 Å². The Hall–Kier alpha value is 0.259. The molecule has 47 heavy (non-hydrogen) atoms. The van der Waals surface area contributed by atoms with Gasteiger partial charge in [-0.25, -0.2) is 0 Å². The first-order valence-corrected chi connectivity index (χ1v) is 22.6. The SMILES string of the molecule is CCCCCCCCC(CS)C(=O)[O-].CCCCCCCCC(CS)C(=O)[O-].CCCCCCCCC(CS)C(=O)[O-].CCC[CH2][Sn+3]. The zero-order valence-corrected chi connectivity index (χ0v) is 36.2. The van der Waals surface area contributed by atoms with Gasteiger partial charge in [-0.15, -0.1) is 0 Å². The molecule has 0 fully saturated rings. The fraction of sp³-hybridized carbons (Fsp3) is 0.919. The Morgan fingerprint density at radius 2 is 0.638 bits per heavy atom. The van der Waals surface area contributed by atoms with E-state index >= 15 is 0 Å². The van der Waals surface area contributed by atoms with E-state index in [-0.39, 0.29) is 17.8 Å². The Morgan fingerprint density at radius 3 is 0.787 bits per heavy atom. The second-order valence-corrected chi connectivity index (χ2v) is 14.9. The molecule has 0 rings (SSSR count).